The van der Waals surface area contributed by atoms with Crippen LogP contribution in [0.2, 0.25) is 0 Å². The van der Waals surface area contributed by atoms with Crippen molar-refractivity contribution in [3.8, 4) is 11.1 Å². The topological polar surface area (TPSA) is 72.5 Å². The summed E-state index contributed by atoms with van der Waals surface area (Å²) in [6.45, 7) is 0. The highest BCUT2D eigenvalue weighted by molar-refractivity contribution is 6.33. The lowest BCUT2D eigenvalue weighted by Crippen LogP contribution is -2.14. The number of amides is 1. The second-order valence-electron chi connectivity index (χ2n) is 6.32. The fraction of sp³-hybridized carbons (Fsp3) is 0.318. The zero-order valence-electron chi connectivity index (χ0n) is 15.6. The molecule has 0 aliphatic heterocycles. The summed E-state index contributed by atoms with van der Waals surface area (Å²) < 4.78 is 4.37. The van der Waals surface area contributed by atoms with Crippen LogP contribution in [0.5, 0.6) is 0 Å². The summed E-state index contributed by atoms with van der Waals surface area (Å²) >= 11 is 0. The van der Waals surface area contributed by atoms with E-state index in [2.05, 4.69) is 10.1 Å². The van der Waals surface area contributed by atoms with E-state index in [0.29, 0.717) is 12.8 Å². The molecule has 5 heteroatoms. The fourth-order valence-electron chi connectivity index (χ4n) is 2.77. The SMILES string of the molecule is COC(=O)C(=O)CCCCCCC(=O)Nc1cccc(-c2ccccc2)c1. The van der Waals surface area contributed by atoms with Crippen molar-refractivity contribution in [3.63, 3.8) is 0 Å². The molecule has 27 heavy (non-hydrogen) atoms. The normalized spacial score (nSPS) is 10.3. The summed E-state index contributed by atoms with van der Waals surface area (Å²) in [5.74, 6) is -1.30. The Kier molecular flexibility index (Phi) is 8.23. The van der Waals surface area contributed by atoms with Gasteiger partial charge in [-0.05, 0) is 36.1 Å². The van der Waals surface area contributed by atoms with Crippen molar-refractivity contribution in [1.82, 2.24) is 0 Å². The highest BCUT2D eigenvalue weighted by Gasteiger charge is 2.12. The summed E-state index contributed by atoms with van der Waals surface area (Å²) in [5, 5.41) is 2.93. The molecule has 0 atom stereocenters. The van der Waals surface area contributed by atoms with Gasteiger partial charge in [-0.3, -0.25) is 9.59 Å². The quantitative estimate of drug-likeness (QED) is 0.384. The number of anilines is 1. The van der Waals surface area contributed by atoms with E-state index in [4.69, 9.17) is 0 Å². The van der Waals surface area contributed by atoms with Crippen molar-refractivity contribution < 1.29 is 19.1 Å². The maximum Gasteiger partial charge on any atom is 0.374 e. The smallest absolute Gasteiger partial charge is 0.374 e. The number of carbonyl (C=O) groups is 3. The number of esters is 1. The lowest BCUT2D eigenvalue weighted by Gasteiger charge is -2.08. The van der Waals surface area contributed by atoms with Gasteiger partial charge in [0.1, 0.15) is 0 Å². The lowest BCUT2D eigenvalue weighted by molar-refractivity contribution is -0.151. The van der Waals surface area contributed by atoms with E-state index in [1.165, 1.54) is 7.11 Å². The van der Waals surface area contributed by atoms with Crippen LogP contribution in [0.3, 0.4) is 0 Å². The first-order chi connectivity index (χ1) is 13.1. The van der Waals surface area contributed by atoms with Gasteiger partial charge in [0.2, 0.25) is 11.7 Å². The molecule has 0 saturated carbocycles. The summed E-state index contributed by atoms with van der Waals surface area (Å²) in [4.78, 5) is 34.4. The van der Waals surface area contributed by atoms with E-state index >= 15 is 0 Å². The summed E-state index contributed by atoms with van der Waals surface area (Å²) in [7, 11) is 1.20. The van der Waals surface area contributed by atoms with Gasteiger partial charge in [-0.2, -0.15) is 0 Å². The van der Waals surface area contributed by atoms with E-state index < -0.39 is 11.8 Å². The van der Waals surface area contributed by atoms with Crippen LogP contribution in [-0.2, 0) is 19.1 Å². The number of ketones is 1. The molecule has 2 aromatic carbocycles. The largest absolute Gasteiger partial charge is 0.463 e. The van der Waals surface area contributed by atoms with E-state index in [1.54, 1.807) is 0 Å². The predicted octanol–water partition coefficient (Wildman–Crippen LogP) is 4.37. The Labute approximate surface area is 159 Å². The summed E-state index contributed by atoms with van der Waals surface area (Å²) in [6.07, 6.45) is 3.66. The number of ether oxygens (including phenoxy) is 1. The Bertz CT molecular complexity index is 771. The second-order valence-corrected chi connectivity index (χ2v) is 6.32. The standard InChI is InChI=1S/C22H25NO4/c1-27-22(26)20(24)14-7-2-3-8-15-21(25)23-19-13-9-12-18(16-19)17-10-5-4-6-11-17/h4-6,9-13,16H,2-3,7-8,14-15H2,1H3,(H,23,25). The molecule has 5 nitrogen and oxygen atoms in total. The van der Waals surface area contributed by atoms with Crippen molar-refractivity contribution in [3.05, 3.63) is 54.6 Å². The van der Waals surface area contributed by atoms with Gasteiger partial charge >= 0.3 is 5.97 Å². The molecular weight excluding hydrogens is 342 g/mol. The first-order valence-electron chi connectivity index (χ1n) is 9.16. The molecule has 0 fully saturated rings. The highest BCUT2D eigenvalue weighted by Crippen LogP contribution is 2.22. The minimum atomic E-state index is -0.785. The first-order valence-corrected chi connectivity index (χ1v) is 9.16. The second kappa shape index (κ2) is 10.9. The average Bonchev–Trinajstić information content (AvgIpc) is 2.70. The highest BCUT2D eigenvalue weighted by atomic mass is 16.5. The third-order valence-corrected chi connectivity index (χ3v) is 4.22. The van der Waals surface area contributed by atoms with E-state index in [-0.39, 0.29) is 12.3 Å². The molecule has 2 aromatic rings. The molecule has 0 spiro atoms. The van der Waals surface area contributed by atoms with Crippen LogP contribution in [0.4, 0.5) is 5.69 Å². The number of rotatable bonds is 10. The molecular formula is C22H25NO4. The zero-order valence-corrected chi connectivity index (χ0v) is 15.6. The van der Waals surface area contributed by atoms with Gasteiger partial charge in [0.25, 0.3) is 0 Å². The van der Waals surface area contributed by atoms with E-state index in [9.17, 15) is 14.4 Å². The van der Waals surface area contributed by atoms with Gasteiger partial charge in [0.15, 0.2) is 0 Å². The van der Waals surface area contributed by atoms with Gasteiger partial charge in [-0.25, -0.2) is 4.79 Å². The minimum absolute atomic E-state index is 0.0224. The average molecular weight is 367 g/mol. The predicted molar refractivity (Wildman–Crippen MR) is 105 cm³/mol. The van der Waals surface area contributed by atoms with Crippen LogP contribution in [0.15, 0.2) is 54.6 Å². The monoisotopic (exact) mass is 367 g/mol. The molecule has 1 amide bonds. The molecule has 0 bridgehead atoms. The van der Waals surface area contributed by atoms with Crippen molar-refractivity contribution in [2.24, 2.45) is 0 Å². The van der Waals surface area contributed by atoms with Crippen molar-refractivity contribution in [2.45, 2.75) is 38.5 Å². The van der Waals surface area contributed by atoms with Crippen molar-refractivity contribution in [2.75, 3.05) is 12.4 Å². The van der Waals surface area contributed by atoms with Gasteiger partial charge in [-0.1, -0.05) is 55.3 Å². The van der Waals surface area contributed by atoms with Crippen molar-refractivity contribution >= 4 is 23.3 Å². The number of unbranched alkanes of at least 4 members (excludes halogenated alkanes) is 3. The number of carbonyl (C=O) groups excluding carboxylic acids is 3. The lowest BCUT2D eigenvalue weighted by atomic mass is 10.1. The molecule has 0 aliphatic rings. The Morgan fingerprint density at radius 2 is 1.48 bits per heavy atom. The van der Waals surface area contributed by atoms with E-state index in [0.717, 1.165) is 36.1 Å². The third kappa shape index (κ3) is 7.05. The molecule has 0 aromatic heterocycles. The molecule has 0 heterocycles. The van der Waals surface area contributed by atoms with Crippen LogP contribution >= 0.6 is 0 Å². The van der Waals surface area contributed by atoms with Gasteiger partial charge < -0.3 is 10.1 Å². The summed E-state index contributed by atoms with van der Waals surface area (Å²) in [6, 6.07) is 17.8. The zero-order chi connectivity index (χ0) is 19.5. The Morgan fingerprint density at radius 3 is 2.19 bits per heavy atom. The molecule has 0 saturated heterocycles. The molecule has 2 rings (SSSR count). The number of methoxy groups -OCH3 is 1. The number of benzene rings is 2. The summed E-state index contributed by atoms with van der Waals surface area (Å²) in [5.41, 5.74) is 2.95. The molecule has 0 unspecified atom stereocenters. The van der Waals surface area contributed by atoms with Crippen molar-refractivity contribution in [1.29, 1.82) is 0 Å². The van der Waals surface area contributed by atoms with Gasteiger partial charge in [0, 0.05) is 18.5 Å². The number of nitrogens with one attached hydrogen (secondary N) is 1. The van der Waals surface area contributed by atoms with Crippen LogP contribution in [0.25, 0.3) is 11.1 Å². The molecule has 0 radical (unpaired) electrons. The maximum atomic E-state index is 12.1. The Hall–Kier alpha value is -2.95. The van der Waals surface area contributed by atoms with Crippen LogP contribution in [0.1, 0.15) is 38.5 Å². The fourth-order valence-corrected chi connectivity index (χ4v) is 2.77. The Balaban J connectivity index is 1.69. The number of hydrogen-bond acceptors (Lipinski definition) is 4. The number of Topliss-reactive ketones (excluding diaryl/α,β-unsaturated/α-hetero) is 1. The maximum absolute atomic E-state index is 12.1. The third-order valence-electron chi connectivity index (χ3n) is 4.22. The first kappa shape index (κ1) is 20.4. The van der Waals surface area contributed by atoms with Gasteiger partial charge in [-0.15, -0.1) is 0 Å². The molecule has 1 N–H and O–H groups in total. The van der Waals surface area contributed by atoms with Crippen LogP contribution in [-0.4, -0.2) is 24.8 Å². The number of hydrogen-bond donors (Lipinski definition) is 1. The van der Waals surface area contributed by atoms with E-state index in [1.807, 2.05) is 54.6 Å². The molecule has 0 aliphatic carbocycles. The van der Waals surface area contributed by atoms with Gasteiger partial charge in [0.05, 0.1) is 7.11 Å². The van der Waals surface area contributed by atoms with Crippen LogP contribution < -0.4 is 5.32 Å². The minimum Gasteiger partial charge on any atom is -0.463 e. The molecule has 142 valence electrons. The Morgan fingerprint density at radius 1 is 0.815 bits per heavy atom. The van der Waals surface area contributed by atoms with Crippen LogP contribution in [0, 0.1) is 0 Å².